The number of piperidine rings is 1. The molecule has 0 spiro atoms. The Hall–Kier alpha value is -2.38. The Morgan fingerprint density at radius 3 is 2.52 bits per heavy atom. The lowest BCUT2D eigenvalue weighted by atomic mass is 9.88. The van der Waals surface area contributed by atoms with Gasteiger partial charge in [-0.15, -0.1) is 0 Å². The van der Waals surface area contributed by atoms with Crippen LogP contribution in [0.3, 0.4) is 0 Å². The molecular weight excluding hydrogens is 436 g/mol. The third kappa shape index (κ3) is 4.79. The van der Waals surface area contributed by atoms with E-state index in [-0.39, 0.29) is 17.6 Å². The fourth-order valence-electron chi connectivity index (χ4n) is 3.74. The molecule has 0 bridgehead atoms. The first kappa shape index (κ1) is 19.9. The molecule has 2 aliphatic heterocycles. The van der Waals surface area contributed by atoms with Gasteiger partial charge in [-0.2, -0.15) is 0 Å². The van der Waals surface area contributed by atoms with E-state index >= 15 is 0 Å². The first-order valence-electron chi connectivity index (χ1n) is 9.81. The summed E-state index contributed by atoms with van der Waals surface area (Å²) in [5, 5.41) is 2.93. The number of likely N-dealkylation sites (tertiary alicyclic amines) is 1. The summed E-state index contributed by atoms with van der Waals surface area (Å²) in [5.74, 6) is 1.40. The van der Waals surface area contributed by atoms with Crippen LogP contribution >= 0.6 is 15.9 Å². The van der Waals surface area contributed by atoms with E-state index in [0.29, 0.717) is 36.8 Å². The van der Waals surface area contributed by atoms with E-state index in [2.05, 4.69) is 26.1 Å². The van der Waals surface area contributed by atoms with Crippen LogP contribution in [-0.2, 0) is 4.79 Å². The molecule has 1 N–H and O–H groups in total. The second-order valence-corrected chi connectivity index (χ2v) is 8.16. The predicted molar refractivity (Wildman–Crippen MR) is 114 cm³/mol. The topological polar surface area (TPSA) is 67.9 Å². The quantitative estimate of drug-likeness (QED) is 0.690. The average Bonchev–Trinajstić information content (AvgIpc) is 2.75. The fourth-order valence-corrected chi connectivity index (χ4v) is 4.12. The summed E-state index contributed by atoms with van der Waals surface area (Å²) < 4.78 is 12.0. The van der Waals surface area contributed by atoms with Crippen molar-refractivity contribution in [1.82, 2.24) is 4.90 Å². The molecule has 0 unspecified atom stereocenters. The van der Waals surface area contributed by atoms with Gasteiger partial charge in [0.15, 0.2) is 17.3 Å². The van der Waals surface area contributed by atoms with Crippen molar-refractivity contribution in [3.8, 4) is 11.5 Å². The van der Waals surface area contributed by atoms with Gasteiger partial charge < -0.3 is 14.8 Å². The minimum atomic E-state index is -0.0477. The van der Waals surface area contributed by atoms with Crippen LogP contribution in [0, 0.1) is 5.92 Å². The molecule has 152 valence electrons. The van der Waals surface area contributed by atoms with Crippen molar-refractivity contribution in [2.45, 2.75) is 12.8 Å². The van der Waals surface area contributed by atoms with Crippen LogP contribution in [-0.4, -0.2) is 49.4 Å². The highest BCUT2D eigenvalue weighted by Crippen LogP contribution is 2.32. The molecule has 0 atom stereocenters. The van der Waals surface area contributed by atoms with E-state index in [1.54, 1.807) is 6.07 Å². The standard InChI is InChI=1S/C22H23BrN2O4/c23-17-3-1-2-4-18(17)24-21(26)14-25-9-7-15(8-10-25)22(27)16-5-6-19-20(13-16)29-12-11-28-19/h1-6,13,15H,7-12,14H2,(H,24,26). The number of para-hydroxylation sites is 1. The number of amides is 1. The van der Waals surface area contributed by atoms with E-state index in [0.717, 1.165) is 36.1 Å². The molecule has 0 aliphatic carbocycles. The molecule has 29 heavy (non-hydrogen) atoms. The van der Waals surface area contributed by atoms with Crippen molar-refractivity contribution in [3.05, 3.63) is 52.5 Å². The third-order valence-electron chi connectivity index (χ3n) is 5.30. The van der Waals surface area contributed by atoms with Crippen molar-refractivity contribution < 1.29 is 19.1 Å². The van der Waals surface area contributed by atoms with Crippen molar-refractivity contribution >= 4 is 33.3 Å². The maximum absolute atomic E-state index is 12.9. The van der Waals surface area contributed by atoms with Crippen LogP contribution in [0.4, 0.5) is 5.69 Å². The number of hydrogen-bond acceptors (Lipinski definition) is 5. The Bertz CT molecular complexity index is 909. The Morgan fingerprint density at radius 1 is 1.03 bits per heavy atom. The number of anilines is 1. The Morgan fingerprint density at radius 2 is 1.76 bits per heavy atom. The van der Waals surface area contributed by atoms with Crippen LogP contribution < -0.4 is 14.8 Å². The summed E-state index contributed by atoms with van der Waals surface area (Å²) in [5.41, 5.74) is 1.43. The highest BCUT2D eigenvalue weighted by Gasteiger charge is 2.27. The highest BCUT2D eigenvalue weighted by atomic mass is 79.9. The smallest absolute Gasteiger partial charge is 0.238 e. The molecule has 2 aromatic rings. The first-order valence-corrected chi connectivity index (χ1v) is 10.6. The van der Waals surface area contributed by atoms with Gasteiger partial charge in [-0.3, -0.25) is 14.5 Å². The Balaban J connectivity index is 1.29. The molecule has 0 radical (unpaired) electrons. The number of nitrogens with zero attached hydrogens (tertiary/aromatic N) is 1. The molecule has 1 amide bonds. The van der Waals surface area contributed by atoms with Crippen LogP contribution in [0.5, 0.6) is 11.5 Å². The lowest BCUT2D eigenvalue weighted by Gasteiger charge is -2.31. The molecule has 4 rings (SSSR count). The van der Waals surface area contributed by atoms with E-state index in [1.165, 1.54) is 0 Å². The summed E-state index contributed by atoms with van der Waals surface area (Å²) in [4.78, 5) is 27.3. The number of fused-ring (bicyclic) bond motifs is 1. The van der Waals surface area contributed by atoms with Gasteiger partial charge >= 0.3 is 0 Å². The van der Waals surface area contributed by atoms with Gasteiger partial charge in [0.2, 0.25) is 5.91 Å². The summed E-state index contributed by atoms with van der Waals surface area (Å²) in [6.07, 6.45) is 1.49. The minimum Gasteiger partial charge on any atom is -0.486 e. The zero-order valence-corrected chi connectivity index (χ0v) is 17.6. The molecule has 1 fully saturated rings. The molecular formula is C22H23BrN2O4. The largest absolute Gasteiger partial charge is 0.486 e. The van der Waals surface area contributed by atoms with Gasteiger partial charge in [-0.25, -0.2) is 0 Å². The normalized spacial score (nSPS) is 17.0. The van der Waals surface area contributed by atoms with Crippen LogP contribution in [0.15, 0.2) is 46.9 Å². The lowest BCUT2D eigenvalue weighted by Crippen LogP contribution is -2.40. The van der Waals surface area contributed by atoms with Crippen LogP contribution in [0.1, 0.15) is 23.2 Å². The molecule has 0 saturated carbocycles. The monoisotopic (exact) mass is 458 g/mol. The second-order valence-electron chi connectivity index (χ2n) is 7.30. The van der Waals surface area contributed by atoms with Gasteiger partial charge in [0.05, 0.1) is 12.2 Å². The van der Waals surface area contributed by atoms with Gasteiger partial charge in [-0.05, 0) is 72.2 Å². The molecule has 0 aromatic heterocycles. The summed E-state index contributed by atoms with van der Waals surface area (Å²) >= 11 is 3.44. The van der Waals surface area contributed by atoms with Gasteiger partial charge in [0.25, 0.3) is 0 Å². The number of hydrogen-bond donors (Lipinski definition) is 1. The SMILES string of the molecule is O=C(CN1CCC(C(=O)c2ccc3c(c2)OCCO3)CC1)Nc1ccccc1Br. The van der Waals surface area contributed by atoms with E-state index in [1.807, 2.05) is 36.4 Å². The molecule has 2 aliphatic rings. The zero-order valence-electron chi connectivity index (χ0n) is 16.0. The molecule has 2 aromatic carbocycles. The van der Waals surface area contributed by atoms with Crippen molar-refractivity contribution in [2.24, 2.45) is 5.92 Å². The van der Waals surface area contributed by atoms with Crippen LogP contribution in [0.25, 0.3) is 0 Å². The van der Waals surface area contributed by atoms with Gasteiger partial charge in [-0.1, -0.05) is 12.1 Å². The number of rotatable bonds is 5. The number of ether oxygens (including phenoxy) is 2. The number of Topliss-reactive ketones (excluding diaryl/α,β-unsaturated/α-hetero) is 1. The Labute approximate surface area is 178 Å². The fraction of sp³-hybridized carbons (Fsp3) is 0.364. The number of benzene rings is 2. The molecule has 6 nitrogen and oxygen atoms in total. The highest BCUT2D eigenvalue weighted by molar-refractivity contribution is 9.10. The number of ketones is 1. The minimum absolute atomic E-state index is 0.0277. The molecule has 7 heteroatoms. The first-order chi connectivity index (χ1) is 14.1. The number of halogens is 1. The maximum atomic E-state index is 12.9. The third-order valence-corrected chi connectivity index (χ3v) is 5.99. The van der Waals surface area contributed by atoms with Crippen LogP contribution in [0.2, 0.25) is 0 Å². The van der Waals surface area contributed by atoms with Crippen molar-refractivity contribution in [3.63, 3.8) is 0 Å². The Kier molecular flexibility index (Phi) is 6.16. The van der Waals surface area contributed by atoms with Gasteiger partial charge in [0.1, 0.15) is 13.2 Å². The maximum Gasteiger partial charge on any atom is 0.238 e. The van der Waals surface area contributed by atoms with E-state index in [4.69, 9.17) is 9.47 Å². The zero-order chi connectivity index (χ0) is 20.2. The summed E-state index contributed by atoms with van der Waals surface area (Å²) in [7, 11) is 0. The number of nitrogens with one attached hydrogen (secondary N) is 1. The number of carbonyl (C=O) groups excluding carboxylic acids is 2. The lowest BCUT2D eigenvalue weighted by molar-refractivity contribution is -0.117. The molecule has 1 saturated heterocycles. The van der Waals surface area contributed by atoms with Crippen molar-refractivity contribution in [1.29, 1.82) is 0 Å². The van der Waals surface area contributed by atoms with Crippen molar-refractivity contribution in [2.75, 3.05) is 38.2 Å². The van der Waals surface area contributed by atoms with E-state index in [9.17, 15) is 9.59 Å². The van der Waals surface area contributed by atoms with Gasteiger partial charge in [0, 0.05) is 16.0 Å². The average molecular weight is 459 g/mol. The second kappa shape index (κ2) is 8.97. The summed E-state index contributed by atoms with van der Waals surface area (Å²) in [6, 6.07) is 13.0. The predicted octanol–water partition coefficient (Wildman–Crippen LogP) is 3.75. The van der Waals surface area contributed by atoms with E-state index < -0.39 is 0 Å². The number of carbonyl (C=O) groups is 2. The summed E-state index contributed by atoms with van der Waals surface area (Å²) in [6.45, 7) is 2.82. The molecule has 2 heterocycles.